The summed E-state index contributed by atoms with van der Waals surface area (Å²) >= 11 is 0. The summed E-state index contributed by atoms with van der Waals surface area (Å²) in [6.45, 7) is 1.95. The van der Waals surface area contributed by atoms with Gasteiger partial charge in [0.1, 0.15) is 5.75 Å². The van der Waals surface area contributed by atoms with Gasteiger partial charge in [-0.2, -0.15) is 0 Å². The first-order chi connectivity index (χ1) is 12.1. The molecule has 0 saturated heterocycles. The smallest absolute Gasteiger partial charge is 0.224 e. The Bertz CT molecular complexity index is 811. The highest BCUT2D eigenvalue weighted by molar-refractivity contribution is 6.00. The number of ether oxygens (including phenoxy) is 1. The number of fused-ring (bicyclic) bond motifs is 1. The maximum Gasteiger partial charge on any atom is 0.224 e. The first-order valence-corrected chi connectivity index (χ1v) is 8.66. The van der Waals surface area contributed by atoms with Crippen molar-refractivity contribution in [3.05, 3.63) is 58.7 Å². The van der Waals surface area contributed by atoms with Gasteiger partial charge in [0.15, 0.2) is 5.78 Å². The average Bonchev–Trinajstić information content (AvgIpc) is 3.07. The van der Waals surface area contributed by atoms with Gasteiger partial charge in [0.2, 0.25) is 5.91 Å². The lowest BCUT2D eigenvalue weighted by molar-refractivity contribution is -0.116. The van der Waals surface area contributed by atoms with Crippen LogP contribution in [0.3, 0.4) is 0 Å². The Morgan fingerprint density at radius 2 is 1.84 bits per heavy atom. The predicted octanol–water partition coefficient (Wildman–Crippen LogP) is 4.09. The molecule has 0 bridgehead atoms. The standard InChI is InChI=1S/C21H23NO3/c1-14-6-10-20(25-2)18(12-14)22-21(24)11-9-19(23)17-8-7-15-4-3-5-16(15)13-17/h6-8,10,12-13H,3-5,9,11H2,1-2H3,(H,22,24). The molecule has 0 saturated carbocycles. The highest BCUT2D eigenvalue weighted by Crippen LogP contribution is 2.26. The maximum absolute atomic E-state index is 12.4. The van der Waals surface area contributed by atoms with Crippen molar-refractivity contribution in [1.29, 1.82) is 0 Å². The van der Waals surface area contributed by atoms with Gasteiger partial charge < -0.3 is 10.1 Å². The number of methoxy groups -OCH3 is 1. The number of carbonyl (C=O) groups is 2. The van der Waals surface area contributed by atoms with Gasteiger partial charge in [0, 0.05) is 18.4 Å². The number of nitrogens with one attached hydrogen (secondary N) is 1. The highest BCUT2D eigenvalue weighted by atomic mass is 16.5. The Kier molecular flexibility index (Phi) is 5.17. The lowest BCUT2D eigenvalue weighted by Crippen LogP contribution is -2.14. The number of carbonyl (C=O) groups excluding carboxylic acids is 2. The molecule has 2 aromatic rings. The van der Waals surface area contributed by atoms with Gasteiger partial charge in [-0.25, -0.2) is 0 Å². The highest BCUT2D eigenvalue weighted by Gasteiger charge is 2.15. The van der Waals surface area contributed by atoms with E-state index in [-0.39, 0.29) is 24.5 Å². The summed E-state index contributed by atoms with van der Waals surface area (Å²) in [5.41, 5.74) is 5.00. The fourth-order valence-electron chi connectivity index (χ4n) is 3.25. The van der Waals surface area contributed by atoms with Crippen molar-refractivity contribution in [2.75, 3.05) is 12.4 Å². The van der Waals surface area contributed by atoms with Crippen molar-refractivity contribution < 1.29 is 14.3 Å². The molecule has 0 heterocycles. The van der Waals surface area contributed by atoms with Crippen LogP contribution < -0.4 is 10.1 Å². The van der Waals surface area contributed by atoms with E-state index in [9.17, 15) is 9.59 Å². The number of anilines is 1. The van der Waals surface area contributed by atoms with Crippen molar-refractivity contribution >= 4 is 17.4 Å². The second-order valence-electron chi connectivity index (χ2n) is 6.51. The molecule has 25 heavy (non-hydrogen) atoms. The van der Waals surface area contributed by atoms with E-state index in [2.05, 4.69) is 5.32 Å². The first-order valence-electron chi connectivity index (χ1n) is 8.66. The topological polar surface area (TPSA) is 55.4 Å². The van der Waals surface area contributed by atoms with Gasteiger partial charge in [-0.15, -0.1) is 0 Å². The van der Waals surface area contributed by atoms with Crippen molar-refractivity contribution in [3.8, 4) is 5.75 Å². The summed E-state index contributed by atoms with van der Waals surface area (Å²) in [4.78, 5) is 24.6. The van der Waals surface area contributed by atoms with E-state index in [0.717, 1.165) is 24.8 Å². The number of amides is 1. The first kappa shape index (κ1) is 17.2. The van der Waals surface area contributed by atoms with Crippen LogP contribution in [0.5, 0.6) is 5.75 Å². The minimum absolute atomic E-state index is 0.0149. The second kappa shape index (κ2) is 7.51. The molecule has 0 spiro atoms. The molecule has 130 valence electrons. The Morgan fingerprint density at radius 3 is 2.64 bits per heavy atom. The lowest BCUT2D eigenvalue weighted by Gasteiger charge is -2.11. The van der Waals surface area contributed by atoms with Crippen LogP contribution in [0.15, 0.2) is 36.4 Å². The van der Waals surface area contributed by atoms with Crippen molar-refractivity contribution in [3.63, 3.8) is 0 Å². The third kappa shape index (κ3) is 4.08. The van der Waals surface area contributed by atoms with E-state index < -0.39 is 0 Å². The van der Waals surface area contributed by atoms with Gasteiger partial charge >= 0.3 is 0 Å². The molecular weight excluding hydrogens is 314 g/mol. The second-order valence-corrected chi connectivity index (χ2v) is 6.51. The van der Waals surface area contributed by atoms with Crippen LogP contribution >= 0.6 is 0 Å². The molecule has 0 aliphatic heterocycles. The monoisotopic (exact) mass is 337 g/mol. The van der Waals surface area contributed by atoms with E-state index in [1.165, 1.54) is 11.1 Å². The Balaban J connectivity index is 1.59. The molecule has 1 amide bonds. The molecule has 2 aromatic carbocycles. The van der Waals surface area contributed by atoms with Crippen LogP contribution in [0.4, 0.5) is 5.69 Å². The third-order valence-electron chi connectivity index (χ3n) is 4.63. The summed E-state index contributed by atoms with van der Waals surface area (Å²) < 4.78 is 5.26. The quantitative estimate of drug-likeness (QED) is 0.808. The number of Topliss-reactive ketones (excluding diaryl/α,β-unsaturated/α-hetero) is 1. The largest absolute Gasteiger partial charge is 0.495 e. The van der Waals surface area contributed by atoms with E-state index in [1.54, 1.807) is 7.11 Å². The number of rotatable bonds is 6. The van der Waals surface area contributed by atoms with E-state index in [4.69, 9.17) is 4.74 Å². The summed E-state index contributed by atoms with van der Waals surface area (Å²) in [6.07, 6.45) is 3.67. The van der Waals surface area contributed by atoms with Gasteiger partial charge in [-0.3, -0.25) is 9.59 Å². The number of benzene rings is 2. The molecule has 0 radical (unpaired) electrons. The van der Waals surface area contributed by atoms with Crippen LogP contribution in [0.25, 0.3) is 0 Å². The predicted molar refractivity (Wildman–Crippen MR) is 98.4 cm³/mol. The van der Waals surface area contributed by atoms with Crippen LogP contribution in [0.1, 0.15) is 46.3 Å². The summed E-state index contributed by atoms with van der Waals surface area (Å²) in [7, 11) is 1.57. The van der Waals surface area contributed by atoms with Crippen molar-refractivity contribution in [2.24, 2.45) is 0 Å². The molecule has 4 heteroatoms. The maximum atomic E-state index is 12.4. The average molecular weight is 337 g/mol. The summed E-state index contributed by atoms with van der Waals surface area (Å²) in [5, 5.41) is 2.83. The normalized spacial score (nSPS) is 12.6. The molecule has 0 unspecified atom stereocenters. The lowest BCUT2D eigenvalue weighted by atomic mass is 10.0. The van der Waals surface area contributed by atoms with Gasteiger partial charge in [0.25, 0.3) is 0 Å². The number of hydrogen-bond donors (Lipinski definition) is 1. The zero-order chi connectivity index (χ0) is 17.8. The molecule has 0 aromatic heterocycles. The Morgan fingerprint density at radius 1 is 1.04 bits per heavy atom. The van der Waals surface area contributed by atoms with Crippen molar-refractivity contribution in [1.82, 2.24) is 0 Å². The summed E-state index contributed by atoms with van der Waals surface area (Å²) in [6, 6.07) is 11.5. The zero-order valence-corrected chi connectivity index (χ0v) is 14.7. The van der Waals surface area contributed by atoms with Crippen LogP contribution in [0, 0.1) is 6.92 Å². The SMILES string of the molecule is COc1ccc(C)cc1NC(=O)CCC(=O)c1ccc2c(c1)CCC2. The van der Waals surface area contributed by atoms with E-state index >= 15 is 0 Å². The van der Waals surface area contributed by atoms with Crippen LogP contribution in [-0.2, 0) is 17.6 Å². The Hall–Kier alpha value is -2.62. The minimum Gasteiger partial charge on any atom is -0.495 e. The van der Waals surface area contributed by atoms with Gasteiger partial charge in [-0.05, 0) is 61.1 Å². The molecule has 0 fully saturated rings. The fourth-order valence-corrected chi connectivity index (χ4v) is 3.25. The fraction of sp³-hybridized carbons (Fsp3) is 0.333. The molecule has 1 aliphatic rings. The van der Waals surface area contributed by atoms with Crippen LogP contribution in [-0.4, -0.2) is 18.8 Å². The molecule has 1 N–H and O–H groups in total. The molecular formula is C21H23NO3. The molecule has 1 aliphatic carbocycles. The van der Waals surface area contributed by atoms with E-state index in [0.29, 0.717) is 17.0 Å². The van der Waals surface area contributed by atoms with Crippen molar-refractivity contribution in [2.45, 2.75) is 39.0 Å². The molecule has 0 atom stereocenters. The Labute approximate surface area is 148 Å². The summed E-state index contributed by atoms with van der Waals surface area (Å²) in [5.74, 6) is 0.448. The third-order valence-corrected chi connectivity index (χ3v) is 4.63. The van der Waals surface area contributed by atoms with Gasteiger partial charge in [-0.1, -0.05) is 18.2 Å². The zero-order valence-electron chi connectivity index (χ0n) is 14.7. The number of hydrogen-bond acceptors (Lipinski definition) is 3. The van der Waals surface area contributed by atoms with Crippen LogP contribution in [0.2, 0.25) is 0 Å². The van der Waals surface area contributed by atoms with Gasteiger partial charge in [0.05, 0.1) is 12.8 Å². The molecule has 4 nitrogen and oxygen atoms in total. The number of aryl methyl sites for hydroxylation is 3. The minimum atomic E-state index is -0.182. The van der Waals surface area contributed by atoms with E-state index in [1.807, 2.05) is 43.3 Å². The number of ketones is 1. The molecule has 3 rings (SSSR count).